The second kappa shape index (κ2) is 7.64. The third-order valence-corrected chi connectivity index (χ3v) is 3.73. The molecule has 110 valence electrons. The van der Waals surface area contributed by atoms with Gasteiger partial charge in [0.1, 0.15) is 5.82 Å². The molecule has 0 aliphatic rings. The van der Waals surface area contributed by atoms with Crippen LogP contribution in [0.4, 0.5) is 15.8 Å². The Morgan fingerprint density at radius 1 is 1.33 bits per heavy atom. The van der Waals surface area contributed by atoms with E-state index in [1.807, 2.05) is 18.2 Å². The first kappa shape index (κ1) is 15.3. The number of nitrogens with one attached hydrogen (secondary N) is 1. The SMILES string of the molecule is Nc1ccc(F)c(NC(=O)CCCSc2ccccn2)c1. The highest BCUT2D eigenvalue weighted by atomic mass is 32.2. The van der Waals surface area contributed by atoms with E-state index in [1.165, 1.54) is 18.2 Å². The molecule has 4 nitrogen and oxygen atoms in total. The molecule has 0 bridgehead atoms. The Morgan fingerprint density at radius 3 is 2.95 bits per heavy atom. The van der Waals surface area contributed by atoms with Crippen molar-refractivity contribution >= 4 is 29.0 Å². The fraction of sp³-hybridized carbons (Fsp3) is 0.200. The quantitative estimate of drug-likeness (QED) is 0.488. The Hall–Kier alpha value is -2.08. The standard InChI is InChI=1S/C15H16FN3OS/c16-12-7-6-11(17)10-13(12)19-14(20)4-3-9-21-15-5-1-2-8-18-15/h1-2,5-8,10H,3-4,9,17H2,(H,19,20). The van der Waals surface area contributed by atoms with E-state index in [9.17, 15) is 9.18 Å². The zero-order valence-electron chi connectivity index (χ0n) is 11.4. The van der Waals surface area contributed by atoms with Crippen molar-refractivity contribution in [1.82, 2.24) is 4.98 Å². The van der Waals surface area contributed by atoms with E-state index in [0.717, 1.165) is 10.8 Å². The number of pyridine rings is 1. The second-order valence-corrected chi connectivity index (χ2v) is 5.52. The molecule has 21 heavy (non-hydrogen) atoms. The second-order valence-electron chi connectivity index (χ2n) is 4.41. The monoisotopic (exact) mass is 305 g/mol. The van der Waals surface area contributed by atoms with Crippen LogP contribution in [0.3, 0.4) is 0 Å². The van der Waals surface area contributed by atoms with Crippen molar-refractivity contribution in [2.24, 2.45) is 0 Å². The summed E-state index contributed by atoms with van der Waals surface area (Å²) in [5, 5.41) is 3.46. The van der Waals surface area contributed by atoms with Crippen LogP contribution in [-0.2, 0) is 4.79 Å². The van der Waals surface area contributed by atoms with Gasteiger partial charge in [0.15, 0.2) is 0 Å². The predicted octanol–water partition coefficient (Wildman–Crippen LogP) is 3.31. The molecule has 0 fully saturated rings. The highest BCUT2D eigenvalue weighted by Gasteiger charge is 2.07. The highest BCUT2D eigenvalue weighted by Crippen LogP contribution is 2.19. The van der Waals surface area contributed by atoms with Crippen molar-refractivity contribution in [2.75, 3.05) is 16.8 Å². The lowest BCUT2D eigenvalue weighted by Gasteiger charge is -2.07. The molecule has 0 spiro atoms. The van der Waals surface area contributed by atoms with Crippen LogP contribution in [-0.4, -0.2) is 16.6 Å². The Bertz CT molecular complexity index is 607. The maximum absolute atomic E-state index is 13.5. The zero-order chi connectivity index (χ0) is 15.1. The number of hydrogen-bond donors (Lipinski definition) is 2. The number of aromatic nitrogens is 1. The number of thioether (sulfide) groups is 1. The van der Waals surface area contributed by atoms with Crippen LogP contribution in [0.25, 0.3) is 0 Å². The third kappa shape index (κ3) is 5.07. The van der Waals surface area contributed by atoms with Crippen molar-refractivity contribution in [1.29, 1.82) is 0 Å². The van der Waals surface area contributed by atoms with Gasteiger partial charge in [0.2, 0.25) is 5.91 Å². The summed E-state index contributed by atoms with van der Waals surface area (Å²) in [5.41, 5.74) is 6.10. The maximum Gasteiger partial charge on any atom is 0.224 e. The molecule has 1 aromatic carbocycles. The smallest absolute Gasteiger partial charge is 0.224 e. The van der Waals surface area contributed by atoms with Crippen molar-refractivity contribution in [3.63, 3.8) is 0 Å². The van der Waals surface area contributed by atoms with E-state index in [-0.39, 0.29) is 11.6 Å². The molecule has 0 saturated heterocycles. The summed E-state index contributed by atoms with van der Waals surface area (Å²) in [7, 11) is 0. The van der Waals surface area contributed by atoms with Crippen molar-refractivity contribution < 1.29 is 9.18 Å². The summed E-state index contributed by atoms with van der Waals surface area (Å²) in [6.45, 7) is 0. The minimum Gasteiger partial charge on any atom is -0.399 e. The van der Waals surface area contributed by atoms with Crippen molar-refractivity contribution in [3.8, 4) is 0 Å². The number of nitrogens with zero attached hydrogens (tertiary/aromatic N) is 1. The number of benzene rings is 1. The summed E-state index contributed by atoms with van der Waals surface area (Å²) in [6.07, 6.45) is 2.75. The van der Waals surface area contributed by atoms with Crippen molar-refractivity contribution in [3.05, 3.63) is 48.4 Å². The first-order chi connectivity index (χ1) is 10.1. The molecule has 0 radical (unpaired) electrons. The molecule has 3 N–H and O–H groups in total. The normalized spacial score (nSPS) is 10.3. The zero-order valence-corrected chi connectivity index (χ0v) is 12.2. The largest absolute Gasteiger partial charge is 0.399 e. The van der Waals surface area contributed by atoms with E-state index in [1.54, 1.807) is 18.0 Å². The van der Waals surface area contributed by atoms with Gasteiger partial charge in [-0.15, -0.1) is 11.8 Å². The van der Waals surface area contributed by atoms with Gasteiger partial charge in [-0.2, -0.15) is 0 Å². The Morgan fingerprint density at radius 2 is 2.19 bits per heavy atom. The first-order valence-electron chi connectivity index (χ1n) is 6.54. The minimum atomic E-state index is -0.486. The highest BCUT2D eigenvalue weighted by molar-refractivity contribution is 7.99. The van der Waals surface area contributed by atoms with E-state index in [0.29, 0.717) is 18.5 Å². The van der Waals surface area contributed by atoms with Gasteiger partial charge in [-0.3, -0.25) is 4.79 Å². The van der Waals surface area contributed by atoms with Crippen molar-refractivity contribution in [2.45, 2.75) is 17.9 Å². The van der Waals surface area contributed by atoms with Gasteiger partial charge in [0, 0.05) is 18.3 Å². The third-order valence-electron chi connectivity index (χ3n) is 2.70. The number of rotatable bonds is 6. The molecular weight excluding hydrogens is 289 g/mol. The predicted molar refractivity (Wildman–Crippen MR) is 83.6 cm³/mol. The van der Waals surface area contributed by atoms with Crippen LogP contribution in [0.15, 0.2) is 47.6 Å². The molecule has 0 unspecified atom stereocenters. The molecule has 1 heterocycles. The Kier molecular flexibility index (Phi) is 5.57. The maximum atomic E-state index is 13.5. The lowest BCUT2D eigenvalue weighted by atomic mass is 10.2. The molecule has 2 rings (SSSR count). The van der Waals surface area contributed by atoms with Gasteiger partial charge < -0.3 is 11.1 Å². The molecular formula is C15H16FN3OS. The summed E-state index contributed by atoms with van der Waals surface area (Å²) in [5.74, 6) is 0.0747. The fourth-order valence-electron chi connectivity index (χ4n) is 1.69. The number of hydrogen-bond acceptors (Lipinski definition) is 4. The topological polar surface area (TPSA) is 68.0 Å². The fourth-order valence-corrected chi connectivity index (χ4v) is 2.50. The molecule has 1 amide bonds. The molecule has 0 aliphatic heterocycles. The van der Waals surface area contributed by atoms with Gasteiger partial charge >= 0.3 is 0 Å². The van der Waals surface area contributed by atoms with E-state index in [2.05, 4.69) is 10.3 Å². The van der Waals surface area contributed by atoms with Crippen LogP contribution in [0.2, 0.25) is 0 Å². The summed E-state index contributed by atoms with van der Waals surface area (Å²) in [6, 6.07) is 9.81. The van der Waals surface area contributed by atoms with Crippen LogP contribution >= 0.6 is 11.8 Å². The Balaban J connectivity index is 1.74. The first-order valence-corrected chi connectivity index (χ1v) is 7.52. The van der Waals surface area contributed by atoms with E-state index < -0.39 is 5.82 Å². The molecule has 2 aromatic rings. The van der Waals surface area contributed by atoms with Gasteiger partial charge in [-0.05, 0) is 42.5 Å². The van der Waals surface area contributed by atoms with Gasteiger partial charge in [0.05, 0.1) is 10.7 Å². The number of carbonyl (C=O) groups is 1. The van der Waals surface area contributed by atoms with Gasteiger partial charge in [-0.25, -0.2) is 9.37 Å². The van der Waals surface area contributed by atoms with Crippen LogP contribution in [0.1, 0.15) is 12.8 Å². The van der Waals surface area contributed by atoms with Crippen LogP contribution in [0.5, 0.6) is 0 Å². The lowest BCUT2D eigenvalue weighted by molar-refractivity contribution is -0.116. The number of halogens is 1. The van der Waals surface area contributed by atoms with E-state index >= 15 is 0 Å². The lowest BCUT2D eigenvalue weighted by Crippen LogP contribution is -2.12. The number of nitrogens with two attached hydrogens (primary N) is 1. The molecule has 0 aliphatic carbocycles. The average Bonchev–Trinajstić information content (AvgIpc) is 2.48. The average molecular weight is 305 g/mol. The number of anilines is 2. The number of nitrogen functional groups attached to an aromatic ring is 1. The molecule has 6 heteroatoms. The summed E-state index contributed by atoms with van der Waals surface area (Å²) in [4.78, 5) is 15.9. The Labute approximate surface area is 127 Å². The number of amides is 1. The molecule has 0 saturated carbocycles. The molecule has 1 aromatic heterocycles. The molecule has 0 atom stereocenters. The van der Waals surface area contributed by atoms with Crippen LogP contribution < -0.4 is 11.1 Å². The number of carbonyl (C=O) groups excluding carboxylic acids is 1. The summed E-state index contributed by atoms with van der Waals surface area (Å²) < 4.78 is 13.5. The van der Waals surface area contributed by atoms with Crippen LogP contribution in [0, 0.1) is 5.82 Å². The van der Waals surface area contributed by atoms with E-state index in [4.69, 9.17) is 5.73 Å². The minimum absolute atomic E-state index is 0.123. The van der Waals surface area contributed by atoms with Gasteiger partial charge in [0.25, 0.3) is 0 Å². The van der Waals surface area contributed by atoms with Gasteiger partial charge in [-0.1, -0.05) is 6.07 Å². The summed E-state index contributed by atoms with van der Waals surface area (Å²) >= 11 is 1.59.